The van der Waals surface area contributed by atoms with Crippen LogP contribution in [-0.2, 0) is 6.42 Å². The van der Waals surface area contributed by atoms with E-state index < -0.39 is 0 Å². The molecule has 22 heavy (non-hydrogen) atoms. The zero-order valence-electron chi connectivity index (χ0n) is 12.7. The molecule has 2 aromatic rings. The van der Waals surface area contributed by atoms with Crippen molar-refractivity contribution in [1.82, 2.24) is 4.90 Å². The van der Waals surface area contributed by atoms with Gasteiger partial charge in [-0.25, -0.2) is 4.39 Å². The van der Waals surface area contributed by atoms with Gasteiger partial charge in [-0.2, -0.15) is 0 Å². The van der Waals surface area contributed by atoms with E-state index in [9.17, 15) is 4.39 Å². The van der Waals surface area contributed by atoms with Crippen molar-refractivity contribution in [2.24, 2.45) is 4.99 Å². The molecule has 1 atom stereocenters. The fraction of sp³-hybridized carbons (Fsp3) is 0.278. The molecule has 0 aromatic heterocycles. The Morgan fingerprint density at radius 1 is 1.14 bits per heavy atom. The Balaban J connectivity index is 1.63. The lowest BCUT2D eigenvalue weighted by atomic mass is 10.1. The van der Waals surface area contributed by atoms with E-state index >= 15 is 0 Å². The summed E-state index contributed by atoms with van der Waals surface area (Å²) in [6.45, 7) is 3.85. The Labute approximate surface area is 130 Å². The second-order valence-corrected chi connectivity index (χ2v) is 5.57. The Morgan fingerprint density at radius 2 is 1.86 bits per heavy atom. The molecule has 1 heterocycles. The van der Waals surface area contributed by atoms with E-state index in [1.54, 1.807) is 0 Å². The van der Waals surface area contributed by atoms with Gasteiger partial charge in [-0.1, -0.05) is 30.3 Å². The molecule has 0 spiro atoms. The quantitative estimate of drug-likeness (QED) is 0.934. The molecule has 3 nitrogen and oxygen atoms in total. The number of rotatable bonds is 4. The highest BCUT2D eigenvalue weighted by Crippen LogP contribution is 2.15. The van der Waals surface area contributed by atoms with Crippen LogP contribution in [0.15, 0.2) is 59.6 Å². The zero-order valence-corrected chi connectivity index (χ0v) is 12.7. The SMILES string of the molecule is C[C@H]1CN=C(Nc2ccccc2)N1CCc1ccc(F)cc1. The summed E-state index contributed by atoms with van der Waals surface area (Å²) in [4.78, 5) is 6.87. The summed E-state index contributed by atoms with van der Waals surface area (Å²) in [5.74, 6) is 0.729. The Kier molecular flexibility index (Phi) is 4.37. The van der Waals surface area contributed by atoms with E-state index in [1.807, 2.05) is 42.5 Å². The third-order valence-electron chi connectivity index (χ3n) is 3.89. The summed E-state index contributed by atoms with van der Waals surface area (Å²) in [5, 5.41) is 3.38. The number of para-hydroxylation sites is 1. The summed E-state index contributed by atoms with van der Waals surface area (Å²) in [5.41, 5.74) is 2.18. The molecule has 114 valence electrons. The molecule has 0 unspecified atom stereocenters. The third-order valence-corrected chi connectivity index (χ3v) is 3.89. The molecule has 0 fully saturated rings. The summed E-state index contributed by atoms with van der Waals surface area (Å²) in [7, 11) is 0. The number of nitrogens with zero attached hydrogens (tertiary/aromatic N) is 2. The highest BCUT2D eigenvalue weighted by atomic mass is 19.1. The summed E-state index contributed by atoms with van der Waals surface area (Å²) in [6.07, 6.45) is 0.875. The van der Waals surface area contributed by atoms with Gasteiger partial charge in [0.2, 0.25) is 0 Å². The molecule has 0 aliphatic carbocycles. The van der Waals surface area contributed by atoms with Crippen LogP contribution in [0.5, 0.6) is 0 Å². The molecule has 4 heteroatoms. The molecule has 1 N–H and O–H groups in total. The molecule has 1 aliphatic rings. The smallest absolute Gasteiger partial charge is 0.198 e. The van der Waals surface area contributed by atoms with E-state index in [0.717, 1.165) is 36.7 Å². The Bertz CT molecular complexity index is 637. The van der Waals surface area contributed by atoms with E-state index in [1.165, 1.54) is 12.1 Å². The molecule has 0 amide bonds. The van der Waals surface area contributed by atoms with Gasteiger partial charge >= 0.3 is 0 Å². The van der Waals surface area contributed by atoms with Crippen LogP contribution in [0, 0.1) is 5.82 Å². The lowest BCUT2D eigenvalue weighted by Gasteiger charge is -2.26. The van der Waals surface area contributed by atoms with Crippen LogP contribution in [0.1, 0.15) is 12.5 Å². The van der Waals surface area contributed by atoms with Crippen LogP contribution in [0.25, 0.3) is 0 Å². The van der Waals surface area contributed by atoms with Crippen molar-refractivity contribution in [3.8, 4) is 0 Å². The van der Waals surface area contributed by atoms with Crippen molar-refractivity contribution in [2.45, 2.75) is 19.4 Å². The summed E-state index contributed by atoms with van der Waals surface area (Å²) in [6, 6.07) is 17.2. The minimum absolute atomic E-state index is 0.189. The van der Waals surface area contributed by atoms with E-state index in [0.29, 0.717) is 6.04 Å². The maximum Gasteiger partial charge on any atom is 0.198 e. The van der Waals surface area contributed by atoms with E-state index in [4.69, 9.17) is 0 Å². The number of hydrogen-bond acceptors (Lipinski definition) is 3. The third kappa shape index (κ3) is 3.45. The first kappa shape index (κ1) is 14.6. The van der Waals surface area contributed by atoms with Crippen LogP contribution >= 0.6 is 0 Å². The molecule has 1 aliphatic heterocycles. The fourth-order valence-electron chi connectivity index (χ4n) is 2.61. The number of anilines is 1. The van der Waals surface area contributed by atoms with Crippen LogP contribution in [0.4, 0.5) is 10.1 Å². The molecule has 0 bridgehead atoms. The van der Waals surface area contributed by atoms with Gasteiger partial charge in [0, 0.05) is 18.3 Å². The fourth-order valence-corrected chi connectivity index (χ4v) is 2.61. The number of halogens is 1. The second kappa shape index (κ2) is 6.60. The van der Waals surface area contributed by atoms with Gasteiger partial charge in [-0.15, -0.1) is 0 Å². The van der Waals surface area contributed by atoms with Crippen molar-refractivity contribution in [3.63, 3.8) is 0 Å². The molecular formula is C18H20FN3. The number of aliphatic imine (C=N–C) groups is 1. The zero-order chi connectivity index (χ0) is 15.4. The van der Waals surface area contributed by atoms with Gasteiger partial charge in [0.1, 0.15) is 5.82 Å². The average Bonchev–Trinajstić information content (AvgIpc) is 2.88. The topological polar surface area (TPSA) is 27.6 Å². The monoisotopic (exact) mass is 297 g/mol. The lowest BCUT2D eigenvalue weighted by molar-refractivity contribution is 0.366. The lowest BCUT2D eigenvalue weighted by Crippen LogP contribution is -2.39. The first-order valence-electron chi connectivity index (χ1n) is 7.60. The van der Waals surface area contributed by atoms with Gasteiger partial charge in [0.25, 0.3) is 0 Å². The first-order valence-corrected chi connectivity index (χ1v) is 7.60. The maximum atomic E-state index is 13.0. The van der Waals surface area contributed by atoms with E-state index in [2.05, 4.69) is 22.1 Å². The normalized spacial score (nSPS) is 17.5. The maximum absolute atomic E-state index is 13.0. The highest BCUT2D eigenvalue weighted by molar-refractivity contribution is 5.94. The van der Waals surface area contributed by atoms with Crippen molar-refractivity contribution in [1.29, 1.82) is 0 Å². The second-order valence-electron chi connectivity index (χ2n) is 5.57. The van der Waals surface area contributed by atoms with Gasteiger partial charge in [0.05, 0.1) is 6.54 Å². The molecular weight excluding hydrogens is 277 g/mol. The van der Waals surface area contributed by atoms with Crippen LogP contribution in [0.3, 0.4) is 0 Å². The largest absolute Gasteiger partial charge is 0.338 e. The number of guanidine groups is 1. The summed E-state index contributed by atoms with van der Waals surface area (Å²) < 4.78 is 13.0. The Hall–Kier alpha value is -2.36. The van der Waals surface area contributed by atoms with Gasteiger partial charge in [-0.05, 0) is 43.2 Å². The average molecular weight is 297 g/mol. The Morgan fingerprint density at radius 3 is 2.59 bits per heavy atom. The number of nitrogens with one attached hydrogen (secondary N) is 1. The predicted octanol–water partition coefficient (Wildman–Crippen LogP) is 3.54. The highest BCUT2D eigenvalue weighted by Gasteiger charge is 2.23. The minimum Gasteiger partial charge on any atom is -0.338 e. The van der Waals surface area contributed by atoms with E-state index in [-0.39, 0.29) is 5.82 Å². The van der Waals surface area contributed by atoms with Crippen LogP contribution in [0.2, 0.25) is 0 Å². The van der Waals surface area contributed by atoms with Gasteiger partial charge in [-0.3, -0.25) is 4.99 Å². The predicted molar refractivity (Wildman–Crippen MR) is 88.6 cm³/mol. The van der Waals surface area contributed by atoms with Crippen molar-refractivity contribution in [2.75, 3.05) is 18.4 Å². The van der Waals surface area contributed by atoms with Crippen molar-refractivity contribution in [3.05, 3.63) is 66.0 Å². The van der Waals surface area contributed by atoms with Crippen LogP contribution in [-0.4, -0.2) is 30.0 Å². The molecule has 2 aromatic carbocycles. The molecule has 0 saturated carbocycles. The number of benzene rings is 2. The van der Waals surface area contributed by atoms with Crippen molar-refractivity contribution >= 4 is 11.6 Å². The molecule has 3 rings (SSSR count). The minimum atomic E-state index is -0.189. The van der Waals surface area contributed by atoms with Crippen molar-refractivity contribution < 1.29 is 4.39 Å². The standard InChI is InChI=1S/C18H20FN3/c1-14-13-20-18(21-17-5-3-2-4-6-17)22(14)12-11-15-7-9-16(19)10-8-15/h2-10,14H,11-13H2,1H3,(H,20,21)/t14-/m0/s1. The van der Waals surface area contributed by atoms with Gasteiger partial charge in [0.15, 0.2) is 5.96 Å². The first-order chi connectivity index (χ1) is 10.7. The van der Waals surface area contributed by atoms with Gasteiger partial charge < -0.3 is 10.2 Å². The molecule has 0 saturated heterocycles. The molecule has 0 radical (unpaired) electrons. The number of hydrogen-bond donors (Lipinski definition) is 1. The summed E-state index contributed by atoms with van der Waals surface area (Å²) >= 11 is 0. The van der Waals surface area contributed by atoms with Crippen LogP contribution < -0.4 is 5.32 Å².